The number of rotatable bonds is 1. The minimum atomic E-state index is 0. The summed E-state index contributed by atoms with van der Waals surface area (Å²) in [6, 6.07) is 8.57. The first-order chi connectivity index (χ1) is 8.82. The fourth-order valence-electron chi connectivity index (χ4n) is 1.14. The van der Waals surface area contributed by atoms with E-state index >= 15 is 0 Å². The summed E-state index contributed by atoms with van der Waals surface area (Å²) in [6.07, 6.45) is 1.18. The first-order valence-corrected chi connectivity index (χ1v) is 6.77. The molecule has 0 N–H and O–H groups in total. The third kappa shape index (κ3) is 36.2. The maximum absolute atomic E-state index is 8.93. The van der Waals surface area contributed by atoms with Crippen molar-refractivity contribution in [2.24, 2.45) is 5.41 Å². The van der Waals surface area contributed by atoms with Crippen molar-refractivity contribution >= 4 is 0 Å². The monoisotopic (exact) mass is 360 g/mol. The van der Waals surface area contributed by atoms with E-state index in [1.54, 1.807) is 20.8 Å². The van der Waals surface area contributed by atoms with Gasteiger partial charge in [-0.2, -0.15) is 17.7 Å². The minimum Gasteiger partial charge on any atom is -0.855 e. The largest absolute Gasteiger partial charge is 4.00 e. The van der Waals surface area contributed by atoms with E-state index in [0.717, 1.165) is 0 Å². The number of hydrogen-bond donors (Lipinski definition) is 0. The van der Waals surface area contributed by atoms with Crippen LogP contribution in [0.25, 0.3) is 0 Å². The molecule has 116 valence electrons. The van der Waals surface area contributed by atoms with Gasteiger partial charge in [-0.25, -0.2) is 12.1 Å². The molecular formula is C16H30O3Zr. The molecule has 0 bridgehead atoms. The Kier molecular flexibility index (Phi) is 30.3. The predicted octanol–water partition coefficient (Wildman–Crippen LogP) is 1.09. The summed E-state index contributed by atoms with van der Waals surface area (Å²) < 4.78 is 0. The number of hydrogen-bond acceptors (Lipinski definition) is 3. The smallest absolute Gasteiger partial charge is 0.855 e. The molecule has 0 saturated carbocycles. The molecule has 3 nitrogen and oxygen atoms in total. The Morgan fingerprint density at radius 2 is 1.05 bits per heavy atom. The van der Waals surface area contributed by atoms with Crippen LogP contribution in [0, 0.1) is 5.41 Å². The molecule has 0 fully saturated rings. The average Bonchev–Trinajstić information content (AvgIpc) is 2.71. The van der Waals surface area contributed by atoms with E-state index in [2.05, 4.69) is 45.0 Å². The normalized spacial score (nSPS) is 8.65. The summed E-state index contributed by atoms with van der Waals surface area (Å²) >= 11 is 0. The van der Waals surface area contributed by atoms with E-state index in [0.29, 0.717) is 5.41 Å². The molecule has 0 saturated heterocycles. The van der Waals surface area contributed by atoms with Gasteiger partial charge in [-0.1, -0.05) is 48.0 Å². The van der Waals surface area contributed by atoms with E-state index in [9.17, 15) is 0 Å². The molecule has 0 aliphatic heterocycles. The van der Waals surface area contributed by atoms with Gasteiger partial charge in [0.1, 0.15) is 0 Å². The maximum Gasteiger partial charge on any atom is 4.00 e. The summed E-state index contributed by atoms with van der Waals surface area (Å²) in [5.74, 6) is 0. The summed E-state index contributed by atoms with van der Waals surface area (Å²) in [5.41, 5.74) is 1.88. The van der Waals surface area contributed by atoms with Crippen molar-refractivity contribution in [2.75, 3.05) is 19.8 Å². The van der Waals surface area contributed by atoms with Gasteiger partial charge in [0.25, 0.3) is 0 Å². The molecule has 0 aliphatic rings. The second-order valence-electron chi connectivity index (χ2n) is 4.90. The average molecular weight is 362 g/mol. The van der Waals surface area contributed by atoms with Gasteiger partial charge in [-0.15, -0.1) is 19.8 Å². The van der Waals surface area contributed by atoms with Crippen molar-refractivity contribution in [2.45, 2.75) is 48.0 Å². The van der Waals surface area contributed by atoms with Crippen molar-refractivity contribution in [3.63, 3.8) is 0 Å². The van der Waals surface area contributed by atoms with Crippen molar-refractivity contribution < 1.29 is 41.5 Å². The summed E-state index contributed by atoms with van der Waals surface area (Å²) in [5, 5.41) is 26.8. The summed E-state index contributed by atoms with van der Waals surface area (Å²) in [4.78, 5) is 0. The van der Waals surface area contributed by atoms with Gasteiger partial charge in [-0.05, 0) is 5.41 Å². The molecule has 0 aromatic heterocycles. The molecule has 4 heteroatoms. The van der Waals surface area contributed by atoms with Gasteiger partial charge in [0, 0.05) is 0 Å². The quantitative estimate of drug-likeness (QED) is 0.703. The van der Waals surface area contributed by atoms with Crippen LogP contribution >= 0.6 is 0 Å². The molecule has 0 heterocycles. The molecule has 20 heavy (non-hydrogen) atoms. The molecule has 1 aromatic rings. The first-order valence-electron chi connectivity index (χ1n) is 6.77. The van der Waals surface area contributed by atoms with Crippen molar-refractivity contribution in [3.8, 4) is 0 Å². The van der Waals surface area contributed by atoms with Crippen LogP contribution < -0.4 is 15.3 Å². The fraction of sp³-hybridized carbons (Fsp3) is 0.688. The van der Waals surface area contributed by atoms with Crippen LogP contribution in [0.3, 0.4) is 0 Å². The van der Waals surface area contributed by atoms with Gasteiger partial charge in [-0.3, -0.25) is 0 Å². The van der Waals surface area contributed by atoms with Crippen LogP contribution in [-0.2, 0) is 32.6 Å². The molecule has 0 amide bonds. The van der Waals surface area contributed by atoms with Crippen molar-refractivity contribution in [1.29, 1.82) is 0 Å². The van der Waals surface area contributed by atoms with Gasteiger partial charge in [0.05, 0.1) is 0 Å². The van der Waals surface area contributed by atoms with Crippen LogP contribution in [0.1, 0.15) is 47.1 Å². The van der Waals surface area contributed by atoms with Crippen LogP contribution in [0.4, 0.5) is 0 Å². The molecule has 1 aromatic carbocycles. The van der Waals surface area contributed by atoms with E-state index in [1.165, 1.54) is 12.0 Å². The van der Waals surface area contributed by atoms with E-state index in [4.69, 9.17) is 15.3 Å². The Balaban J connectivity index is -0.000000108. The van der Waals surface area contributed by atoms with Crippen molar-refractivity contribution in [3.05, 3.63) is 29.8 Å². The predicted molar refractivity (Wildman–Crippen MR) is 76.8 cm³/mol. The van der Waals surface area contributed by atoms with Crippen LogP contribution in [-0.4, -0.2) is 19.8 Å². The van der Waals surface area contributed by atoms with E-state index in [1.807, 2.05) is 0 Å². The Hall–Kier alpha value is 0.113. The van der Waals surface area contributed by atoms with Crippen LogP contribution in [0.2, 0.25) is 0 Å². The Bertz CT molecular complexity index is 224. The SMILES string of the molecule is CC(C)(C)C[c-]1cccc1.CC[O-].CC[O-].CC[O-].[Zr+4]. The first kappa shape index (κ1) is 28.3. The molecule has 0 radical (unpaired) electrons. The third-order valence-electron chi connectivity index (χ3n) is 1.47. The van der Waals surface area contributed by atoms with Gasteiger partial charge in [0.15, 0.2) is 0 Å². The Labute approximate surface area is 144 Å². The van der Waals surface area contributed by atoms with Crippen LogP contribution in [0.5, 0.6) is 0 Å². The standard InChI is InChI=1S/C10H15.3C2H5O.Zr/c1-10(2,3)8-9-6-4-5-7-9;3*1-2-3;/h4-7H,8H2,1-3H3;3*2H2,1H3;/q4*-1;+4. The zero-order chi connectivity index (χ0) is 15.7. The molecule has 0 atom stereocenters. The van der Waals surface area contributed by atoms with Gasteiger partial charge in [0.2, 0.25) is 0 Å². The zero-order valence-corrected chi connectivity index (χ0v) is 16.3. The topological polar surface area (TPSA) is 69.2 Å². The Morgan fingerprint density at radius 3 is 1.25 bits per heavy atom. The zero-order valence-electron chi connectivity index (χ0n) is 13.9. The maximum atomic E-state index is 8.93. The van der Waals surface area contributed by atoms with Gasteiger partial charge < -0.3 is 15.3 Å². The molecule has 0 spiro atoms. The second kappa shape index (κ2) is 21.4. The summed E-state index contributed by atoms with van der Waals surface area (Å²) in [6.45, 7) is 11.5. The molecule has 0 unspecified atom stereocenters. The fourth-order valence-corrected chi connectivity index (χ4v) is 1.14. The molecule has 0 aliphatic carbocycles. The molecular weight excluding hydrogens is 331 g/mol. The van der Waals surface area contributed by atoms with Crippen LogP contribution in [0.15, 0.2) is 24.3 Å². The summed E-state index contributed by atoms with van der Waals surface area (Å²) in [7, 11) is 0. The Morgan fingerprint density at radius 1 is 0.800 bits per heavy atom. The van der Waals surface area contributed by atoms with E-state index in [-0.39, 0.29) is 46.0 Å². The van der Waals surface area contributed by atoms with Crippen molar-refractivity contribution in [1.82, 2.24) is 0 Å². The minimum absolute atomic E-state index is 0. The third-order valence-corrected chi connectivity index (χ3v) is 1.47. The second-order valence-corrected chi connectivity index (χ2v) is 4.90. The molecule has 1 rings (SSSR count). The van der Waals surface area contributed by atoms with E-state index < -0.39 is 0 Å². The van der Waals surface area contributed by atoms with Gasteiger partial charge >= 0.3 is 26.2 Å².